The largest absolute Gasteiger partial charge is 0.303 e. The summed E-state index contributed by atoms with van der Waals surface area (Å²) in [5.74, 6) is 1.48. The van der Waals surface area contributed by atoms with Gasteiger partial charge in [-0.15, -0.1) is 0 Å². The molecule has 0 unspecified atom stereocenters. The van der Waals surface area contributed by atoms with Crippen LogP contribution in [-0.4, -0.2) is 41.8 Å². The summed E-state index contributed by atoms with van der Waals surface area (Å²) in [6, 6.07) is 5.00. The lowest BCUT2D eigenvalue weighted by molar-refractivity contribution is 0.102. The maximum Gasteiger partial charge on any atom is 0.174 e. The minimum atomic E-state index is 0.0613. The van der Waals surface area contributed by atoms with E-state index in [-0.39, 0.29) is 5.78 Å². The van der Waals surface area contributed by atoms with Crippen LogP contribution in [0.5, 0.6) is 0 Å². The summed E-state index contributed by atoms with van der Waals surface area (Å²) in [4.78, 5) is 14.3. The van der Waals surface area contributed by atoms with Crippen molar-refractivity contribution in [2.24, 2.45) is 0 Å². The molecule has 0 aliphatic rings. The number of nitrogens with zero attached hydrogens (tertiary/aromatic N) is 1. The van der Waals surface area contributed by atoms with Crippen molar-refractivity contribution in [2.75, 3.05) is 31.1 Å². The molecular formula is C14H19Cl2NOS. The van der Waals surface area contributed by atoms with Gasteiger partial charge in [0.1, 0.15) is 0 Å². The summed E-state index contributed by atoms with van der Waals surface area (Å²) >= 11 is 13.5. The van der Waals surface area contributed by atoms with Crippen molar-refractivity contribution < 1.29 is 4.79 Å². The second kappa shape index (κ2) is 8.85. The summed E-state index contributed by atoms with van der Waals surface area (Å²) < 4.78 is 0. The summed E-state index contributed by atoms with van der Waals surface area (Å²) in [5.41, 5.74) is 0.557. The molecule has 0 radical (unpaired) electrons. The predicted molar refractivity (Wildman–Crippen MR) is 85.9 cm³/mol. The van der Waals surface area contributed by atoms with Crippen molar-refractivity contribution in [3.8, 4) is 0 Å². The Bertz CT molecular complexity index is 422. The number of benzene rings is 1. The van der Waals surface area contributed by atoms with Crippen LogP contribution in [-0.2, 0) is 0 Å². The van der Waals surface area contributed by atoms with E-state index < -0.39 is 0 Å². The Hall–Kier alpha value is -0.220. The first-order chi connectivity index (χ1) is 9.08. The SMILES string of the molecule is CCN(CC)CCSCC(=O)c1ccc(Cl)cc1Cl. The van der Waals surface area contributed by atoms with E-state index in [9.17, 15) is 4.79 Å². The normalized spacial score (nSPS) is 11.0. The van der Waals surface area contributed by atoms with Crippen molar-refractivity contribution in [1.29, 1.82) is 0 Å². The first kappa shape index (κ1) is 16.8. The average molecular weight is 320 g/mol. The molecule has 0 aromatic heterocycles. The third-order valence-corrected chi connectivity index (χ3v) is 4.40. The highest BCUT2D eigenvalue weighted by Crippen LogP contribution is 2.22. The summed E-state index contributed by atoms with van der Waals surface area (Å²) in [5, 5.41) is 0.984. The van der Waals surface area contributed by atoms with Crippen molar-refractivity contribution in [2.45, 2.75) is 13.8 Å². The molecule has 0 amide bonds. The fourth-order valence-electron chi connectivity index (χ4n) is 1.69. The van der Waals surface area contributed by atoms with Crippen LogP contribution in [0.2, 0.25) is 10.0 Å². The van der Waals surface area contributed by atoms with Crippen LogP contribution < -0.4 is 0 Å². The van der Waals surface area contributed by atoms with E-state index in [2.05, 4.69) is 18.7 Å². The van der Waals surface area contributed by atoms with E-state index in [4.69, 9.17) is 23.2 Å². The lowest BCUT2D eigenvalue weighted by atomic mass is 10.1. The van der Waals surface area contributed by atoms with Gasteiger partial charge >= 0.3 is 0 Å². The molecule has 0 heterocycles. The zero-order valence-corrected chi connectivity index (χ0v) is 13.6. The number of carbonyl (C=O) groups is 1. The molecule has 0 aliphatic carbocycles. The highest BCUT2D eigenvalue weighted by Gasteiger charge is 2.10. The number of ketones is 1. The zero-order valence-electron chi connectivity index (χ0n) is 11.3. The molecule has 2 nitrogen and oxygen atoms in total. The Balaban J connectivity index is 2.39. The maximum atomic E-state index is 12.0. The van der Waals surface area contributed by atoms with Crippen LogP contribution >= 0.6 is 35.0 Å². The van der Waals surface area contributed by atoms with Gasteiger partial charge in [-0.1, -0.05) is 37.0 Å². The number of thioether (sulfide) groups is 1. The second-order valence-corrected chi connectivity index (χ2v) is 6.08. The van der Waals surface area contributed by atoms with Crippen LogP contribution in [0.15, 0.2) is 18.2 Å². The smallest absolute Gasteiger partial charge is 0.174 e. The molecule has 1 rings (SSSR count). The summed E-state index contributed by atoms with van der Waals surface area (Å²) in [6.07, 6.45) is 0. The third-order valence-electron chi connectivity index (χ3n) is 2.91. The van der Waals surface area contributed by atoms with Gasteiger partial charge in [-0.05, 0) is 31.3 Å². The van der Waals surface area contributed by atoms with Crippen molar-refractivity contribution >= 4 is 40.7 Å². The molecule has 0 saturated carbocycles. The number of carbonyl (C=O) groups excluding carboxylic acids is 1. The number of Topliss-reactive ketones (excluding diaryl/α,β-unsaturated/α-hetero) is 1. The topological polar surface area (TPSA) is 20.3 Å². The van der Waals surface area contributed by atoms with Gasteiger partial charge in [-0.2, -0.15) is 11.8 Å². The number of hydrogen-bond donors (Lipinski definition) is 0. The Morgan fingerprint density at radius 3 is 2.53 bits per heavy atom. The van der Waals surface area contributed by atoms with Gasteiger partial charge in [-0.25, -0.2) is 0 Å². The van der Waals surface area contributed by atoms with E-state index in [0.717, 1.165) is 25.4 Å². The lowest BCUT2D eigenvalue weighted by Crippen LogP contribution is -2.25. The molecule has 1 aromatic rings. The fourth-order valence-corrected chi connectivity index (χ4v) is 3.08. The molecule has 5 heteroatoms. The molecule has 0 N–H and O–H groups in total. The highest BCUT2D eigenvalue weighted by atomic mass is 35.5. The Morgan fingerprint density at radius 2 is 1.95 bits per heavy atom. The monoisotopic (exact) mass is 319 g/mol. The predicted octanol–water partition coefficient (Wildman–Crippen LogP) is 4.25. The summed E-state index contributed by atoms with van der Waals surface area (Å²) in [6.45, 7) is 7.40. The molecular weight excluding hydrogens is 301 g/mol. The van der Waals surface area contributed by atoms with E-state index >= 15 is 0 Å². The Labute approximate surface area is 129 Å². The molecule has 19 heavy (non-hydrogen) atoms. The van der Waals surface area contributed by atoms with Crippen LogP contribution in [0, 0.1) is 0 Å². The van der Waals surface area contributed by atoms with Crippen LogP contribution in [0.3, 0.4) is 0 Å². The first-order valence-corrected chi connectivity index (χ1v) is 8.27. The molecule has 0 atom stereocenters. The van der Waals surface area contributed by atoms with Crippen molar-refractivity contribution in [3.63, 3.8) is 0 Å². The third kappa shape index (κ3) is 5.74. The van der Waals surface area contributed by atoms with E-state index in [1.54, 1.807) is 30.0 Å². The van der Waals surface area contributed by atoms with Gasteiger partial charge in [0.05, 0.1) is 10.8 Å². The van der Waals surface area contributed by atoms with Gasteiger partial charge in [0, 0.05) is 22.9 Å². The number of halogens is 2. The molecule has 0 saturated heterocycles. The van der Waals surface area contributed by atoms with Crippen molar-refractivity contribution in [3.05, 3.63) is 33.8 Å². The first-order valence-electron chi connectivity index (χ1n) is 6.36. The van der Waals surface area contributed by atoms with Crippen LogP contribution in [0.1, 0.15) is 24.2 Å². The van der Waals surface area contributed by atoms with Gasteiger partial charge in [0.2, 0.25) is 0 Å². The maximum absolute atomic E-state index is 12.0. The summed E-state index contributed by atoms with van der Waals surface area (Å²) in [7, 11) is 0. The minimum absolute atomic E-state index is 0.0613. The van der Waals surface area contributed by atoms with Gasteiger partial charge in [0.25, 0.3) is 0 Å². The molecule has 1 aromatic carbocycles. The quantitative estimate of drug-likeness (QED) is 0.527. The fraction of sp³-hybridized carbons (Fsp3) is 0.500. The van der Waals surface area contributed by atoms with Gasteiger partial charge in [0.15, 0.2) is 5.78 Å². The lowest BCUT2D eigenvalue weighted by Gasteiger charge is -2.17. The Kier molecular flexibility index (Phi) is 7.84. The van der Waals surface area contributed by atoms with E-state index in [1.165, 1.54) is 0 Å². The molecule has 0 fully saturated rings. The molecule has 0 bridgehead atoms. The minimum Gasteiger partial charge on any atom is -0.303 e. The van der Waals surface area contributed by atoms with Crippen LogP contribution in [0.25, 0.3) is 0 Å². The van der Waals surface area contributed by atoms with E-state index in [1.807, 2.05) is 0 Å². The van der Waals surface area contributed by atoms with Crippen LogP contribution in [0.4, 0.5) is 0 Å². The van der Waals surface area contributed by atoms with Gasteiger partial charge in [-0.3, -0.25) is 4.79 Å². The molecule has 0 aliphatic heterocycles. The zero-order chi connectivity index (χ0) is 14.3. The standard InChI is InChI=1S/C14H19Cl2NOS/c1-3-17(4-2)7-8-19-10-14(18)12-6-5-11(15)9-13(12)16/h5-6,9H,3-4,7-8,10H2,1-2H3. The molecule has 0 spiro atoms. The highest BCUT2D eigenvalue weighted by molar-refractivity contribution is 8.00. The number of rotatable bonds is 8. The van der Waals surface area contributed by atoms with E-state index in [0.29, 0.717) is 21.4 Å². The Morgan fingerprint density at radius 1 is 1.26 bits per heavy atom. The van der Waals surface area contributed by atoms with Crippen molar-refractivity contribution in [1.82, 2.24) is 4.90 Å². The second-order valence-electron chi connectivity index (χ2n) is 4.13. The molecule has 106 valence electrons. The number of hydrogen-bond acceptors (Lipinski definition) is 3. The van der Waals surface area contributed by atoms with Gasteiger partial charge < -0.3 is 4.90 Å². The average Bonchev–Trinajstić information content (AvgIpc) is 2.38.